The summed E-state index contributed by atoms with van der Waals surface area (Å²) in [5.74, 6) is 1.88. The molecule has 0 aliphatic carbocycles. The molecule has 14 heavy (non-hydrogen) atoms. The number of hydrogen-bond acceptors (Lipinski definition) is 3. The van der Waals surface area contributed by atoms with Crippen molar-refractivity contribution in [3.8, 4) is 0 Å². The zero-order valence-electron chi connectivity index (χ0n) is 8.75. The van der Waals surface area contributed by atoms with Gasteiger partial charge in [-0.1, -0.05) is 6.92 Å². The molecule has 2 atom stereocenters. The van der Waals surface area contributed by atoms with Gasteiger partial charge in [0.2, 0.25) is 0 Å². The Bertz CT molecular complexity index is 287. The van der Waals surface area contributed by atoms with Crippen molar-refractivity contribution in [2.75, 3.05) is 13.2 Å². The second-order valence-electron chi connectivity index (χ2n) is 3.78. The van der Waals surface area contributed by atoms with E-state index in [-0.39, 0.29) is 6.10 Å². The molecule has 2 rings (SSSR count). The predicted octanol–water partition coefficient (Wildman–Crippen LogP) is 2.03. The fourth-order valence-corrected chi connectivity index (χ4v) is 1.70. The van der Waals surface area contributed by atoms with Gasteiger partial charge in [0.15, 0.2) is 0 Å². The first-order valence-corrected chi connectivity index (χ1v) is 5.21. The van der Waals surface area contributed by atoms with Gasteiger partial charge in [0.25, 0.3) is 0 Å². The lowest BCUT2D eigenvalue weighted by molar-refractivity contribution is -0.00971. The Morgan fingerprint density at radius 1 is 1.50 bits per heavy atom. The SMILES string of the molecule is CCC1COC(c2ccc(C)o2)CN1. The Hall–Kier alpha value is -0.800. The van der Waals surface area contributed by atoms with Crippen molar-refractivity contribution < 1.29 is 9.15 Å². The number of ether oxygens (including phenoxy) is 1. The summed E-state index contributed by atoms with van der Waals surface area (Å²) < 4.78 is 11.3. The zero-order chi connectivity index (χ0) is 9.97. The van der Waals surface area contributed by atoms with Crippen molar-refractivity contribution in [2.45, 2.75) is 32.4 Å². The van der Waals surface area contributed by atoms with Gasteiger partial charge < -0.3 is 14.5 Å². The summed E-state index contributed by atoms with van der Waals surface area (Å²) in [6.07, 6.45) is 1.20. The molecule has 2 unspecified atom stereocenters. The Morgan fingerprint density at radius 2 is 2.36 bits per heavy atom. The number of aryl methyl sites for hydroxylation is 1. The van der Waals surface area contributed by atoms with Crippen LogP contribution in [0, 0.1) is 6.92 Å². The zero-order valence-corrected chi connectivity index (χ0v) is 8.75. The van der Waals surface area contributed by atoms with Crippen LogP contribution in [0.25, 0.3) is 0 Å². The van der Waals surface area contributed by atoms with Gasteiger partial charge in [-0.25, -0.2) is 0 Å². The maximum Gasteiger partial charge on any atom is 0.134 e. The third-order valence-corrected chi connectivity index (χ3v) is 2.66. The number of rotatable bonds is 2. The van der Waals surface area contributed by atoms with E-state index in [1.165, 1.54) is 0 Å². The standard InChI is InChI=1S/C11H17NO2/c1-3-9-7-13-11(6-12-9)10-5-4-8(2)14-10/h4-5,9,11-12H,3,6-7H2,1-2H3. The molecule has 0 radical (unpaired) electrons. The van der Waals surface area contributed by atoms with Crippen LogP contribution in [-0.4, -0.2) is 19.2 Å². The first-order valence-electron chi connectivity index (χ1n) is 5.21. The second kappa shape index (κ2) is 4.15. The molecule has 1 fully saturated rings. The van der Waals surface area contributed by atoms with E-state index in [9.17, 15) is 0 Å². The molecular formula is C11H17NO2. The van der Waals surface area contributed by atoms with E-state index in [0.717, 1.165) is 31.1 Å². The first kappa shape index (κ1) is 9.74. The summed E-state index contributed by atoms with van der Waals surface area (Å²) in [6.45, 7) is 5.75. The van der Waals surface area contributed by atoms with Gasteiger partial charge in [-0.05, 0) is 25.5 Å². The molecule has 1 saturated heterocycles. The second-order valence-corrected chi connectivity index (χ2v) is 3.78. The lowest BCUT2D eigenvalue weighted by Gasteiger charge is -2.28. The quantitative estimate of drug-likeness (QED) is 0.784. The minimum atomic E-state index is 0.0894. The molecule has 2 heterocycles. The highest BCUT2D eigenvalue weighted by Crippen LogP contribution is 2.22. The number of nitrogens with one attached hydrogen (secondary N) is 1. The van der Waals surface area contributed by atoms with Crippen LogP contribution < -0.4 is 5.32 Å². The summed E-state index contributed by atoms with van der Waals surface area (Å²) in [5.41, 5.74) is 0. The van der Waals surface area contributed by atoms with Gasteiger partial charge >= 0.3 is 0 Å². The van der Waals surface area contributed by atoms with Gasteiger partial charge in [0.05, 0.1) is 6.61 Å². The molecule has 0 bridgehead atoms. The van der Waals surface area contributed by atoms with Crippen LogP contribution in [-0.2, 0) is 4.74 Å². The predicted molar refractivity (Wildman–Crippen MR) is 54.2 cm³/mol. The van der Waals surface area contributed by atoms with Crippen LogP contribution in [0.4, 0.5) is 0 Å². The monoisotopic (exact) mass is 195 g/mol. The van der Waals surface area contributed by atoms with Crippen LogP contribution in [0.15, 0.2) is 16.5 Å². The molecule has 0 spiro atoms. The van der Waals surface area contributed by atoms with E-state index >= 15 is 0 Å². The Kier molecular flexibility index (Phi) is 2.89. The summed E-state index contributed by atoms with van der Waals surface area (Å²) in [6, 6.07) is 4.47. The van der Waals surface area contributed by atoms with Crippen LogP contribution in [0.2, 0.25) is 0 Å². The molecule has 1 aliphatic rings. The molecule has 3 heteroatoms. The van der Waals surface area contributed by atoms with E-state index in [1.54, 1.807) is 0 Å². The molecule has 1 N–H and O–H groups in total. The minimum absolute atomic E-state index is 0.0894. The molecule has 1 aromatic heterocycles. The van der Waals surface area contributed by atoms with Gasteiger partial charge in [0, 0.05) is 12.6 Å². The van der Waals surface area contributed by atoms with E-state index in [0.29, 0.717) is 6.04 Å². The number of hydrogen-bond donors (Lipinski definition) is 1. The third-order valence-electron chi connectivity index (χ3n) is 2.66. The number of furan rings is 1. The van der Waals surface area contributed by atoms with Crippen LogP contribution in [0.1, 0.15) is 31.0 Å². The van der Waals surface area contributed by atoms with E-state index in [1.807, 2.05) is 19.1 Å². The van der Waals surface area contributed by atoms with Crippen molar-refractivity contribution in [1.82, 2.24) is 5.32 Å². The largest absolute Gasteiger partial charge is 0.464 e. The first-order chi connectivity index (χ1) is 6.79. The molecule has 1 aliphatic heterocycles. The maximum absolute atomic E-state index is 5.72. The van der Waals surface area contributed by atoms with E-state index in [4.69, 9.17) is 9.15 Å². The highest BCUT2D eigenvalue weighted by Gasteiger charge is 2.23. The highest BCUT2D eigenvalue weighted by atomic mass is 16.5. The smallest absolute Gasteiger partial charge is 0.134 e. The maximum atomic E-state index is 5.72. The van der Waals surface area contributed by atoms with Gasteiger partial charge in [-0.3, -0.25) is 0 Å². The topological polar surface area (TPSA) is 34.4 Å². The van der Waals surface area contributed by atoms with Gasteiger partial charge in [-0.15, -0.1) is 0 Å². The van der Waals surface area contributed by atoms with Crippen molar-refractivity contribution >= 4 is 0 Å². The summed E-state index contributed by atoms with van der Waals surface area (Å²) in [4.78, 5) is 0. The van der Waals surface area contributed by atoms with Gasteiger partial charge in [0.1, 0.15) is 17.6 Å². The summed E-state index contributed by atoms with van der Waals surface area (Å²) in [7, 11) is 0. The Labute approximate surface area is 84.4 Å². The molecule has 0 saturated carbocycles. The lowest BCUT2D eigenvalue weighted by Crippen LogP contribution is -2.42. The van der Waals surface area contributed by atoms with Crippen LogP contribution in [0.3, 0.4) is 0 Å². The molecule has 78 valence electrons. The molecular weight excluding hydrogens is 178 g/mol. The van der Waals surface area contributed by atoms with Crippen molar-refractivity contribution in [3.05, 3.63) is 23.7 Å². The average Bonchev–Trinajstić information content (AvgIpc) is 2.65. The lowest BCUT2D eigenvalue weighted by atomic mass is 10.1. The fraction of sp³-hybridized carbons (Fsp3) is 0.636. The molecule has 0 amide bonds. The van der Waals surface area contributed by atoms with Crippen molar-refractivity contribution in [3.63, 3.8) is 0 Å². The summed E-state index contributed by atoms with van der Waals surface area (Å²) in [5, 5.41) is 3.44. The Morgan fingerprint density at radius 3 is 2.86 bits per heavy atom. The average molecular weight is 195 g/mol. The van der Waals surface area contributed by atoms with Crippen LogP contribution in [0.5, 0.6) is 0 Å². The normalized spacial score (nSPS) is 27.9. The van der Waals surface area contributed by atoms with E-state index < -0.39 is 0 Å². The summed E-state index contributed by atoms with van der Waals surface area (Å²) >= 11 is 0. The fourth-order valence-electron chi connectivity index (χ4n) is 1.70. The minimum Gasteiger partial charge on any atom is -0.464 e. The molecule has 1 aromatic rings. The van der Waals surface area contributed by atoms with Gasteiger partial charge in [-0.2, -0.15) is 0 Å². The Balaban J connectivity index is 1.95. The van der Waals surface area contributed by atoms with Crippen LogP contribution >= 0.6 is 0 Å². The third kappa shape index (κ3) is 1.99. The van der Waals surface area contributed by atoms with E-state index in [2.05, 4.69) is 12.2 Å². The number of morpholine rings is 1. The highest BCUT2D eigenvalue weighted by molar-refractivity contribution is 5.09. The van der Waals surface area contributed by atoms with Crippen molar-refractivity contribution in [2.24, 2.45) is 0 Å². The molecule has 0 aromatic carbocycles. The van der Waals surface area contributed by atoms with Crippen molar-refractivity contribution in [1.29, 1.82) is 0 Å². The molecule has 3 nitrogen and oxygen atoms in total.